The van der Waals surface area contributed by atoms with Crippen molar-refractivity contribution in [3.63, 3.8) is 0 Å². The van der Waals surface area contributed by atoms with E-state index >= 15 is 0 Å². The summed E-state index contributed by atoms with van der Waals surface area (Å²) in [6.07, 6.45) is 1.01. The molecule has 4 nitrogen and oxygen atoms in total. The number of likely N-dealkylation sites (tertiary alicyclic amines) is 1. The molecule has 0 aliphatic carbocycles. The largest absolute Gasteiger partial charge is 0.399 e. The van der Waals surface area contributed by atoms with Crippen molar-refractivity contribution in [3.05, 3.63) is 28.8 Å². The molecule has 0 spiro atoms. The molecule has 0 aromatic heterocycles. The van der Waals surface area contributed by atoms with Crippen molar-refractivity contribution >= 4 is 23.2 Å². The number of amides is 1. The van der Waals surface area contributed by atoms with E-state index in [4.69, 9.17) is 22.1 Å². The lowest BCUT2D eigenvalue weighted by Crippen LogP contribution is -2.30. The zero-order chi connectivity index (χ0) is 12.4. The summed E-state index contributed by atoms with van der Waals surface area (Å²) in [4.78, 5) is 13.9. The van der Waals surface area contributed by atoms with Crippen LogP contribution in [0.3, 0.4) is 0 Å². The first-order valence-electron chi connectivity index (χ1n) is 5.48. The molecule has 0 bridgehead atoms. The Labute approximate surface area is 105 Å². The Hall–Kier alpha value is -1.26. The fourth-order valence-electron chi connectivity index (χ4n) is 2.02. The van der Waals surface area contributed by atoms with Crippen LogP contribution in [0.25, 0.3) is 0 Å². The maximum atomic E-state index is 12.2. The molecule has 0 saturated carbocycles. The first kappa shape index (κ1) is 12.2. The molecule has 0 radical (unpaired) electrons. The highest BCUT2D eigenvalue weighted by atomic mass is 35.5. The summed E-state index contributed by atoms with van der Waals surface area (Å²) in [6.45, 7) is 1.34. The van der Waals surface area contributed by atoms with Crippen molar-refractivity contribution < 1.29 is 9.53 Å². The van der Waals surface area contributed by atoms with Crippen LogP contribution in [0.5, 0.6) is 0 Å². The fraction of sp³-hybridized carbons (Fsp3) is 0.417. The number of hydrogen-bond donors (Lipinski definition) is 1. The average Bonchev–Trinajstić information content (AvgIpc) is 2.75. The standard InChI is InChI=1S/C12H15ClN2O2/c1-17-11-2-3-15(7-11)12(16)8-4-9(13)6-10(14)5-8/h4-6,11H,2-3,7,14H2,1H3/t11-/m0/s1. The monoisotopic (exact) mass is 254 g/mol. The van der Waals surface area contributed by atoms with E-state index in [-0.39, 0.29) is 12.0 Å². The van der Waals surface area contributed by atoms with Gasteiger partial charge >= 0.3 is 0 Å². The Bertz CT molecular complexity index is 416. The predicted octanol–water partition coefficient (Wildman–Crippen LogP) is 1.78. The summed E-state index contributed by atoms with van der Waals surface area (Å²) >= 11 is 5.88. The van der Waals surface area contributed by atoms with Gasteiger partial charge in [-0.2, -0.15) is 0 Å². The molecule has 1 aromatic rings. The summed E-state index contributed by atoms with van der Waals surface area (Å²) in [5.74, 6) is -0.0428. The van der Waals surface area contributed by atoms with Crippen LogP contribution in [-0.2, 0) is 4.74 Å². The molecule has 1 atom stereocenters. The Morgan fingerprint density at radius 2 is 2.29 bits per heavy atom. The van der Waals surface area contributed by atoms with Crippen LogP contribution in [0.1, 0.15) is 16.8 Å². The van der Waals surface area contributed by atoms with E-state index in [1.54, 1.807) is 30.2 Å². The molecule has 2 N–H and O–H groups in total. The number of rotatable bonds is 2. The number of ether oxygens (including phenoxy) is 1. The van der Waals surface area contributed by atoms with Crippen LogP contribution < -0.4 is 5.73 Å². The quantitative estimate of drug-likeness (QED) is 0.819. The average molecular weight is 255 g/mol. The van der Waals surface area contributed by atoms with Gasteiger partial charge in [0.1, 0.15) is 0 Å². The molecule has 1 aromatic carbocycles. The molecule has 0 unspecified atom stereocenters. The molecule has 1 aliphatic heterocycles. The van der Waals surface area contributed by atoms with Crippen molar-refractivity contribution in [2.24, 2.45) is 0 Å². The molecule has 1 fully saturated rings. The Morgan fingerprint density at radius 3 is 2.88 bits per heavy atom. The first-order valence-corrected chi connectivity index (χ1v) is 5.86. The number of anilines is 1. The molecular formula is C12H15ClN2O2. The van der Waals surface area contributed by atoms with Crippen molar-refractivity contribution in [3.8, 4) is 0 Å². The second kappa shape index (κ2) is 4.94. The normalized spacial score (nSPS) is 19.6. The second-order valence-corrected chi connectivity index (χ2v) is 4.61. The van der Waals surface area contributed by atoms with Crippen molar-refractivity contribution in [1.82, 2.24) is 4.90 Å². The van der Waals surface area contributed by atoms with E-state index in [1.807, 2.05) is 0 Å². The SMILES string of the molecule is CO[C@H]1CCN(C(=O)c2cc(N)cc(Cl)c2)C1. The van der Waals surface area contributed by atoms with Crippen molar-refractivity contribution in [2.45, 2.75) is 12.5 Å². The van der Waals surface area contributed by atoms with E-state index < -0.39 is 0 Å². The summed E-state index contributed by atoms with van der Waals surface area (Å²) in [7, 11) is 1.66. The summed E-state index contributed by atoms with van der Waals surface area (Å²) in [5, 5.41) is 0.482. The molecule has 1 saturated heterocycles. The summed E-state index contributed by atoms with van der Waals surface area (Å²) in [5.41, 5.74) is 6.71. The van der Waals surface area contributed by atoms with Gasteiger partial charge in [-0.15, -0.1) is 0 Å². The zero-order valence-electron chi connectivity index (χ0n) is 9.65. The van der Waals surface area contributed by atoms with Gasteiger partial charge in [0.2, 0.25) is 0 Å². The highest BCUT2D eigenvalue weighted by molar-refractivity contribution is 6.31. The Balaban J connectivity index is 2.14. The lowest BCUT2D eigenvalue weighted by atomic mass is 10.2. The van der Waals surface area contributed by atoms with Gasteiger partial charge in [0.05, 0.1) is 6.10 Å². The van der Waals surface area contributed by atoms with Crippen LogP contribution in [0.2, 0.25) is 5.02 Å². The molecule has 1 amide bonds. The maximum Gasteiger partial charge on any atom is 0.254 e. The minimum absolute atomic E-state index is 0.0428. The van der Waals surface area contributed by atoms with E-state index in [0.29, 0.717) is 29.4 Å². The van der Waals surface area contributed by atoms with Crippen molar-refractivity contribution in [2.75, 3.05) is 25.9 Å². The molecule has 5 heteroatoms. The second-order valence-electron chi connectivity index (χ2n) is 4.17. The summed E-state index contributed by atoms with van der Waals surface area (Å²) < 4.78 is 5.23. The van der Waals surface area contributed by atoms with Gasteiger partial charge in [0, 0.05) is 36.5 Å². The van der Waals surface area contributed by atoms with Gasteiger partial charge < -0.3 is 15.4 Å². The third kappa shape index (κ3) is 2.70. The topological polar surface area (TPSA) is 55.6 Å². The number of carbonyl (C=O) groups is 1. The van der Waals surface area contributed by atoms with Gasteiger partial charge in [0.25, 0.3) is 5.91 Å². The van der Waals surface area contributed by atoms with Crippen LogP contribution in [-0.4, -0.2) is 37.1 Å². The zero-order valence-corrected chi connectivity index (χ0v) is 10.4. The molecule has 92 valence electrons. The minimum atomic E-state index is -0.0428. The number of nitrogens with zero attached hydrogens (tertiary/aromatic N) is 1. The number of nitrogen functional groups attached to an aromatic ring is 1. The van der Waals surface area contributed by atoms with E-state index in [9.17, 15) is 4.79 Å². The first-order chi connectivity index (χ1) is 8.10. The number of halogens is 1. The van der Waals surface area contributed by atoms with Crippen LogP contribution in [0.15, 0.2) is 18.2 Å². The predicted molar refractivity (Wildman–Crippen MR) is 67.2 cm³/mol. The highest BCUT2D eigenvalue weighted by Crippen LogP contribution is 2.20. The van der Waals surface area contributed by atoms with Gasteiger partial charge in [-0.1, -0.05) is 11.6 Å². The molecule has 1 aliphatic rings. The van der Waals surface area contributed by atoms with E-state index in [0.717, 1.165) is 6.42 Å². The molecule has 1 heterocycles. The fourth-order valence-corrected chi connectivity index (χ4v) is 2.27. The molecule has 2 rings (SSSR count). The van der Waals surface area contributed by atoms with Gasteiger partial charge in [0.15, 0.2) is 0 Å². The third-order valence-electron chi connectivity index (χ3n) is 2.93. The van der Waals surface area contributed by atoms with E-state index in [1.165, 1.54) is 0 Å². The molecule has 17 heavy (non-hydrogen) atoms. The number of benzene rings is 1. The number of carbonyl (C=O) groups excluding carboxylic acids is 1. The minimum Gasteiger partial charge on any atom is -0.399 e. The van der Waals surface area contributed by atoms with Crippen LogP contribution >= 0.6 is 11.6 Å². The lowest BCUT2D eigenvalue weighted by Gasteiger charge is -2.16. The smallest absolute Gasteiger partial charge is 0.254 e. The summed E-state index contributed by atoms with van der Waals surface area (Å²) in [6, 6.07) is 4.91. The number of hydrogen-bond acceptors (Lipinski definition) is 3. The van der Waals surface area contributed by atoms with E-state index in [2.05, 4.69) is 0 Å². The third-order valence-corrected chi connectivity index (χ3v) is 3.15. The van der Waals surface area contributed by atoms with Crippen LogP contribution in [0, 0.1) is 0 Å². The highest BCUT2D eigenvalue weighted by Gasteiger charge is 2.26. The molecular weight excluding hydrogens is 240 g/mol. The lowest BCUT2D eigenvalue weighted by molar-refractivity contribution is 0.0724. The van der Waals surface area contributed by atoms with Gasteiger partial charge in [-0.3, -0.25) is 4.79 Å². The van der Waals surface area contributed by atoms with Crippen LogP contribution in [0.4, 0.5) is 5.69 Å². The Kier molecular flexibility index (Phi) is 3.54. The van der Waals surface area contributed by atoms with Gasteiger partial charge in [-0.05, 0) is 24.6 Å². The Morgan fingerprint density at radius 1 is 1.53 bits per heavy atom. The number of nitrogens with two attached hydrogens (primary N) is 1. The number of methoxy groups -OCH3 is 1. The maximum absolute atomic E-state index is 12.2. The van der Waals surface area contributed by atoms with Gasteiger partial charge in [-0.25, -0.2) is 0 Å². The van der Waals surface area contributed by atoms with Crippen molar-refractivity contribution in [1.29, 1.82) is 0 Å².